The first kappa shape index (κ1) is 16.7. The van der Waals surface area contributed by atoms with E-state index in [9.17, 15) is 4.79 Å². The summed E-state index contributed by atoms with van der Waals surface area (Å²) in [6, 6.07) is 12.9. The number of nitrogens with one attached hydrogen (secondary N) is 2. The molecule has 26 heavy (non-hydrogen) atoms. The number of hydrogen-bond donors (Lipinski definition) is 2. The van der Waals surface area contributed by atoms with Gasteiger partial charge >= 0.3 is 0 Å². The van der Waals surface area contributed by atoms with Crippen molar-refractivity contribution in [1.82, 2.24) is 4.90 Å². The van der Waals surface area contributed by atoms with Gasteiger partial charge in [-0.15, -0.1) is 0 Å². The zero-order valence-electron chi connectivity index (χ0n) is 14.2. The van der Waals surface area contributed by atoms with E-state index >= 15 is 0 Å². The second-order valence-electron chi connectivity index (χ2n) is 6.22. The Morgan fingerprint density at radius 1 is 0.923 bits per heavy atom. The van der Waals surface area contributed by atoms with Crippen molar-refractivity contribution in [2.75, 3.05) is 30.5 Å². The molecule has 6 nitrogen and oxygen atoms in total. The number of likely N-dealkylation sites (tertiary alicyclic amines) is 1. The lowest BCUT2D eigenvalue weighted by atomic mass is 10.2. The van der Waals surface area contributed by atoms with Gasteiger partial charge in [0.25, 0.3) is 5.91 Å². The minimum absolute atomic E-state index is 0.0927. The molecule has 2 N–H and O–H groups in total. The fourth-order valence-electron chi connectivity index (χ4n) is 3.07. The van der Waals surface area contributed by atoms with Gasteiger partial charge < -0.3 is 25.0 Å². The molecule has 0 aromatic heterocycles. The molecule has 0 radical (unpaired) electrons. The Morgan fingerprint density at radius 2 is 1.58 bits per heavy atom. The third kappa shape index (κ3) is 3.57. The lowest BCUT2D eigenvalue weighted by Gasteiger charge is -2.15. The first-order valence-electron chi connectivity index (χ1n) is 8.56. The average molecular weight is 369 g/mol. The highest BCUT2D eigenvalue weighted by molar-refractivity contribution is 7.80. The van der Waals surface area contributed by atoms with Crippen LogP contribution in [0.5, 0.6) is 11.5 Å². The molecule has 4 rings (SSSR count). The van der Waals surface area contributed by atoms with Crippen molar-refractivity contribution in [3.05, 3.63) is 48.0 Å². The highest BCUT2D eigenvalue weighted by Crippen LogP contribution is 2.34. The highest BCUT2D eigenvalue weighted by atomic mass is 32.1. The van der Waals surface area contributed by atoms with Crippen molar-refractivity contribution in [2.45, 2.75) is 12.8 Å². The lowest BCUT2D eigenvalue weighted by Crippen LogP contribution is -2.27. The van der Waals surface area contributed by atoms with E-state index in [1.807, 2.05) is 47.4 Å². The van der Waals surface area contributed by atoms with E-state index in [2.05, 4.69) is 10.6 Å². The van der Waals surface area contributed by atoms with Crippen LogP contribution in [0, 0.1) is 0 Å². The van der Waals surface area contributed by atoms with Crippen LogP contribution in [0.4, 0.5) is 11.4 Å². The van der Waals surface area contributed by atoms with Crippen LogP contribution in [-0.4, -0.2) is 35.8 Å². The van der Waals surface area contributed by atoms with E-state index in [0.717, 1.165) is 43.1 Å². The predicted octanol–water partition coefficient (Wildman–Crippen LogP) is 3.46. The maximum atomic E-state index is 12.4. The van der Waals surface area contributed by atoms with Gasteiger partial charge in [-0.3, -0.25) is 4.79 Å². The molecular weight excluding hydrogens is 350 g/mol. The molecule has 2 heterocycles. The van der Waals surface area contributed by atoms with Gasteiger partial charge in [-0.05, 0) is 61.5 Å². The molecule has 0 unspecified atom stereocenters. The second kappa shape index (κ2) is 7.21. The van der Waals surface area contributed by atoms with Crippen LogP contribution in [-0.2, 0) is 0 Å². The molecule has 0 saturated carbocycles. The summed E-state index contributed by atoms with van der Waals surface area (Å²) < 4.78 is 10.6. The van der Waals surface area contributed by atoms with Crippen LogP contribution < -0.4 is 20.1 Å². The van der Waals surface area contributed by atoms with Crippen molar-refractivity contribution in [3.63, 3.8) is 0 Å². The Kier molecular flexibility index (Phi) is 4.62. The lowest BCUT2D eigenvalue weighted by molar-refractivity contribution is 0.0793. The molecule has 1 saturated heterocycles. The van der Waals surface area contributed by atoms with Crippen LogP contribution in [0.15, 0.2) is 42.5 Å². The average Bonchev–Trinajstić information content (AvgIpc) is 3.33. The molecule has 2 aliphatic rings. The predicted molar refractivity (Wildman–Crippen MR) is 104 cm³/mol. The number of carbonyl (C=O) groups excluding carboxylic acids is 1. The summed E-state index contributed by atoms with van der Waals surface area (Å²) in [5, 5.41) is 6.69. The monoisotopic (exact) mass is 369 g/mol. The standard InChI is InChI=1S/C19H19N3O3S/c23-18(22-9-1-2-10-22)13-3-5-14(6-4-13)20-19(26)21-15-7-8-16-17(11-15)25-12-24-16/h3-8,11H,1-2,9-10,12H2,(H2,20,21,26). The zero-order chi connectivity index (χ0) is 17.9. The van der Waals surface area contributed by atoms with E-state index in [-0.39, 0.29) is 12.7 Å². The second-order valence-corrected chi connectivity index (χ2v) is 6.63. The summed E-state index contributed by atoms with van der Waals surface area (Å²) in [5.74, 6) is 1.52. The maximum absolute atomic E-state index is 12.4. The van der Waals surface area contributed by atoms with Crippen molar-refractivity contribution < 1.29 is 14.3 Å². The summed E-state index contributed by atoms with van der Waals surface area (Å²) in [4.78, 5) is 14.3. The molecule has 0 spiro atoms. The van der Waals surface area contributed by atoms with Crippen LogP contribution >= 0.6 is 12.2 Å². The maximum Gasteiger partial charge on any atom is 0.253 e. The topological polar surface area (TPSA) is 62.8 Å². The largest absolute Gasteiger partial charge is 0.454 e. The first-order valence-corrected chi connectivity index (χ1v) is 8.97. The number of ether oxygens (including phenoxy) is 2. The van der Waals surface area contributed by atoms with Gasteiger partial charge in [0.2, 0.25) is 6.79 Å². The SMILES string of the molecule is O=C(c1ccc(NC(=S)Nc2ccc3c(c2)OCO3)cc1)N1CCCC1. The highest BCUT2D eigenvalue weighted by Gasteiger charge is 2.19. The first-order chi connectivity index (χ1) is 12.7. The molecule has 2 aromatic rings. The minimum atomic E-state index is 0.0927. The number of amides is 1. The number of anilines is 2. The van der Waals surface area contributed by atoms with Crippen molar-refractivity contribution >= 4 is 34.6 Å². The number of fused-ring (bicyclic) bond motifs is 1. The van der Waals surface area contributed by atoms with Crippen molar-refractivity contribution in [1.29, 1.82) is 0 Å². The van der Waals surface area contributed by atoms with Gasteiger partial charge in [0, 0.05) is 36.1 Å². The third-order valence-corrected chi connectivity index (χ3v) is 4.62. The van der Waals surface area contributed by atoms with Crippen molar-refractivity contribution in [2.24, 2.45) is 0 Å². The van der Waals surface area contributed by atoms with E-state index in [1.165, 1.54) is 0 Å². The number of hydrogen-bond acceptors (Lipinski definition) is 4. The number of thiocarbonyl (C=S) groups is 1. The van der Waals surface area contributed by atoms with Gasteiger partial charge in [-0.1, -0.05) is 0 Å². The van der Waals surface area contributed by atoms with Gasteiger partial charge in [0.05, 0.1) is 0 Å². The fourth-order valence-corrected chi connectivity index (χ4v) is 3.30. The summed E-state index contributed by atoms with van der Waals surface area (Å²) in [6.07, 6.45) is 2.18. The van der Waals surface area contributed by atoms with E-state index in [4.69, 9.17) is 21.7 Å². The molecule has 1 fully saturated rings. The summed E-state index contributed by atoms with van der Waals surface area (Å²) in [5.41, 5.74) is 2.33. The number of nitrogens with zero attached hydrogens (tertiary/aromatic N) is 1. The smallest absolute Gasteiger partial charge is 0.253 e. The normalized spacial score (nSPS) is 15.0. The van der Waals surface area contributed by atoms with Crippen LogP contribution in [0.3, 0.4) is 0 Å². The molecule has 2 aliphatic heterocycles. The molecule has 7 heteroatoms. The van der Waals surface area contributed by atoms with Gasteiger partial charge in [-0.2, -0.15) is 0 Å². The van der Waals surface area contributed by atoms with Crippen LogP contribution in [0.2, 0.25) is 0 Å². The molecule has 0 aliphatic carbocycles. The van der Waals surface area contributed by atoms with E-state index in [1.54, 1.807) is 0 Å². The Bertz CT molecular complexity index is 832. The molecule has 2 aromatic carbocycles. The summed E-state index contributed by atoms with van der Waals surface area (Å²) in [7, 11) is 0. The summed E-state index contributed by atoms with van der Waals surface area (Å²) in [6.45, 7) is 1.94. The third-order valence-electron chi connectivity index (χ3n) is 4.41. The Morgan fingerprint density at radius 3 is 2.35 bits per heavy atom. The number of benzene rings is 2. The van der Waals surface area contributed by atoms with Gasteiger partial charge in [0.1, 0.15) is 0 Å². The van der Waals surface area contributed by atoms with Crippen LogP contribution in [0.1, 0.15) is 23.2 Å². The van der Waals surface area contributed by atoms with E-state index < -0.39 is 0 Å². The minimum Gasteiger partial charge on any atom is -0.454 e. The number of carbonyl (C=O) groups is 1. The Hall–Kier alpha value is -2.80. The summed E-state index contributed by atoms with van der Waals surface area (Å²) >= 11 is 5.35. The zero-order valence-corrected chi connectivity index (χ0v) is 15.0. The fraction of sp³-hybridized carbons (Fsp3) is 0.263. The molecule has 0 bridgehead atoms. The van der Waals surface area contributed by atoms with Gasteiger partial charge in [0.15, 0.2) is 16.6 Å². The number of rotatable bonds is 3. The molecular formula is C19H19N3O3S. The quantitative estimate of drug-likeness (QED) is 0.808. The molecule has 1 amide bonds. The Labute approximate surface area is 157 Å². The molecule has 134 valence electrons. The van der Waals surface area contributed by atoms with Gasteiger partial charge in [-0.25, -0.2) is 0 Å². The van der Waals surface area contributed by atoms with Crippen LogP contribution in [0.25, 0.3) is 0 Å². The van der Waals surface area contributed by atoms with Crippen molar-refractivity contribution in [3.8, 4) is 11.5 Å². The Balaban J connectivity index is 1.36. The molecule has 0 atom stereocenters. The van der Waals surface area contributed by atoms with E-state index in [0.29, 0.717) is 16.4 Å².